The average molecular weight is 266 g/mol. The quantitative estimate of drug-likeness (QED) is 0.912. The fourth-order valence-corrected chi connectivity index (χ4v) is 3.04. The van der Waals surface area contributed by atoms with E-state index in [2.05, 4.69) is 49.8 Å². The number of hydrogen-bond donors (Lipinski definition) is 1. The molecule has 0 bridgehead atoms. The number of hydrogen-bond acceptors (Lipinski definition) is 3. The van der Waals surface area contributed by atoms with E-state index in [9.17, 15) is 4.79 Å². The van der Waals surface area contributed by atoms with Crippen molar-refractivity contribution in [1.29, 1.82) is 0 Å². The second-order valence-electron chi connectivity index (χ2n) is 6.11. The fraction of sp³-hybridized carbons (Fsp3) is 0.643. The molecule has 2 atom stereocenters. The number of rotatable bonds is 3. The minimum atomic E-state index is -0.0303. The summed E-state index contributed by atoms with van der Waals surface area (Å²) in [4.78, 5) is 14.4. The van der Waals surface area contributed by atoms with Crippen LogP contribution in [0.4, 0.5) is 0 Å². The first-order chi connectivity index (χ1) is 8.42. The molecule has 1 aliphatic heterocycles. The molecule has 2 unspecified atom stereocenters. The van der Waals surface area contributed by atoms with E-state index in [1.165, 1.54) is 5.56 Å². The molecule has 1 saturated heterocycles. The van der Waals surface area contributed by atoms with Crippen molar-refractivity contribution in [3.05, 3.63) is 22.4 Å². The van der Waals surface area contributed by atoms with E-state index in [1.54, 1.807) is 11.3 Å². The third-order valence-electron chi connectivity index (χ3n) is 3.16. The maximum atomic E-state index is 12.4. The van der Waals surface area contributed by atoms with Gasteiger partial charge in [-0.15, -0.1) is 0 Å². The van der Waals surface area contributed by atoms with Gasteiger partial charge in [-0.3, -0.25) is 10.1 Å². The van der Waals surface area contributed by atoms with Crippen LogP contribution in [-0.2, 0) is 4.79 Å². The number of nitrogens with zero attached hydrogens (tertiary/aromatic N) is 1. The van der Waals surface area contributed by atoms with Crippen LogP contribution < -0.4 is 5.32 Å². The number of carbonyl (C=O) groups is 1. The van der Waals surface area contributed by atoms with Gasteiger partial charge in [0.2, 0.25) is 5.91 Å². The largest absolute Gasteiger partial charge is 0.321 e. The molecule has 0 radical (unpaired) electrons. The first-order valence-electron chi connectivity index (χ1n) is 6.51. The van der Waals surface area contributed by atoms with Crippen molar-refractivity contribution in [3.8, 4) is 0 Å². The molecule has 18 heavy (non-hydrogen) atoms. The van der Waals surface area contributed by atoms with Gasteiger partial charge in [0.05, 0.1) is 6.04 Å². The average Bonchev–Trinajstić information content (AvgIpc) is 2.87. The standard InChI is InChI=1S/C14H22N2OS/c1-5-11-13(17)16(9-14(2,3)4)12(15-11)10-6-7-18-8-10/h6-8,11-12,15H,5,9H2,1-4H3. The molecule has 1 aromatic heterocycles. The van der Waals surface area contributed by atoms with Crippen LogP contribution in [-0.4, -0.2) is 23.4 Å². The van der Waals surface area contributed by atoms with Crippen molar-refractivity contribution in [2.24, 2.45) is 5.41 Å². The van der Waals surface area contributed by atoms with Crippen LogP contribution in [0, 0.1) is 5.41 Å². The Morgan fingerprint density at radius 1 is 1.44 bits per heavy atom. The maximum Gasteiger partial charge on any atom is 0.241 e. The zero-order valence-corrected chi connectivity index (χ0v) is 12.4. The van der Waals surface area contributed by atoms with Crippen LogP contribution in [0.15, 0.2) is 16.8 Å². The molecule has 4 heteroatoms. The van der Waals surface area contributed by atoms with Gasteiger partial charge in [-0.25, -0.2) is 0 Å². The summed E-state index contributed by atoms with van der Waals surface area (Å²) in [6.07, 6.45) is 0.896. The van der Waals surface area contributed by atoms with E-state index >= 15 is 0 Å². The molecular formula is C14H22N2OS. The molecule has 1 N–H and O–H groups in total. The highest BCUT2D eigenvalue weighted by Gasteiger charge is 2.40. The van der Waals surface area contributed by atoms with E-state index in [0.29, 0.717) is 0 Å². The van der Waals surface area contributed by atoms with Gasteiger partial charge in [-0.2, -0.15) is 11.3 Å². The lowest BCUT2D eigenvalue weighted by atomic mass is 9.95. The molecular weight excluding hydrogens is 244 g/mol. The molecule has 2 rings (SSSR count). The van der Waals surface area contributed by atoms with Crippen LogP contribution >= 0.6 is 11.3 Å². The zero-order valence-electron chi connectivity index (χ0n) is 11.6. The molecule has 0 spiro atoms. The molecule has 2 heterocycles. The lowest BCUT2D eigenvalue weighted by Crippen LogP contribution is -2.37. The van der Waals surface area contributed by atoms with E-state index in [-0.39, 0.29) is 23.5 Å². The summed E-state index contributed by atoms with van der Waals surface area (Å²) in [5.74, 6) is 0.239. The minimum absolute atomic E-state index is 0.0303. The van der Waals surface area contributed by atoms with Crippen LogP contribution in [0.25, 0.3) is 0 Å². The van der Waals surface area contributed by atoms with Gasteiger partial charge in [-0.1, -0.05) is 27.7 Å². The number of carbonyl (C=O) groups excluding carboxylic acids is 1. The van der Waals surface area contributed by atoms with Gasteiger partial charge in [0.25, 0.3) is 0 Å². The normalized spacial score (nSPS) is 24.9. The fourth-order valence-electron chi connectivity index (χ4n) is 2.36. The zero-order chi connectivity index (χ0) is 13.3. The van der Waals surface area contributed by atoms with Crippen LogP contribution in [0.3, 0.4) is 0 Å². The Morgan fingerprint density at radius 3 is 2.67 bits per heavy atom. The third kappa shape index (κ3) is 2.75. The highest BCUT2D eigenvalue weighted by atomic mass is 32.1. The van der Waals surface area contributed by atoms with Crippen LogP contribution in [0.5, 0.6) is 0 Å². The Balaban J connectivity index is 2.23. The number of thiophene rings is 1. The van der Waals surface area contributed by atoms with Gasteiger partial charge in [0.1, 0.15) is 6.17 Å². The Bertz CT molecular complexity index is 408. The summed E-state index contributed by atoms with van der Waals surface area (Å²) in [7, 11) is 0. The molecule has 100 valence electrons. The van der Waals surface area contributed by atoms with Gasteiger partial charge in [-0.05, 0) is 34.2 Å². The summed E-state index contributed by atoms with van der Waals surface area (Å²) in [6.45, 7) is 9.36. The smallest absolute Gasteiger partial charge is 0.241 e. The minimum Gasteiger partial charge on any atom is -0.321 e. The van der Waals surface area contributed by atoms with Crippen molar-refractivity contribution in [3.63, 3.8) is 0 Å². The number of nitrogens with one attached hydrogen (secondary N) is 1. The molecule has 0 saturated carbocycles. The monoisotopic (exact) mass is 266 g/mol. The van der Waals surface area contributed by atoms with Crippen molar-refractivity contribution in [2.75, 3.05) is 6.54 Å². The van der Waals surface area contributed by atoms with E-state index in [0.717, 1.165) is 13.0 Å². The molecule has 1 amide bonds. The highest BCUT2D eigenvalue weighted by molar-refractivity contribution is 7.07. The second-order valence-corrected chi connectivity index (χ2v) is 6.89. The Kier molecular flexibility index (Phi) is 3.78. The first kappa shape index (κ1) is 13.6. The molecule has 3 nitrogen and oxygen atoms in total. The highest BCUT2D eigenvalue weighted by Crippen LogP contribution is 2.31. The Morgan fingerprint density at radius 2 is 2.17 bits per heavy atom. The predicted molar refractivity (Wildman–Crippen MR) is 75.4 cm³/mol. The molecule has 1 fully saturated rings. The summed E-state index contributed by atoms with van der Waals surface area (Å²) >= 11 is 1.68. The summed E-state index contributed by atoms with van der Waals surface area (Å²) in [6, 6.07) is 2.07. The van der Waals surface area contributed by atoms with Crippen molar-refractivity contribution in [2.45, 2.75) is 46.3 Å². The second kappa shape index (κ2) is 5.02. The summed E-state index contributed by atoms with van der Waals surface area (Å²) < 4.78 is 0. The molecule has 0 aliphatic carbocycles. The maximum absolute atomic E-state index is 12.4. The Labute approximate surface area is 113 Å². The molecule has 1 aliphatic rings. The summed E-state index contributed by atoms with van der Waals surface area (Å²) in [5, 5.41) is 7.64. The van der Waals surface area contributed by atoms with Gasteiger partial charge < -0.3 is 4.90 Å². The van der Waals surface area contributed by atoms with Crippen molar-refractivity contribution < 1.29 is 4.79 Å². The lowest BCUT2D eigenvalue weighted by Gasteiger charge is -2.30. The van der Waals surface area contributed by atoms with Crippen LogP contribution in [0.2, 0.25) is 0 Å². The van der Waals surface area contributed by atoms with Gasteiger partial charge >= 0.3 is 0 Å². The van der Waals surface area contributed by atoms with Crippen molar-refractivity contribution >= 4 is 17.2 Å². The summed E-state index contributed by atoms with van der Waals surface area (Å²) in [5.41, 5.74) is 1.32. The first-order valence-corrected chi connectivity index (χ1v) is 7.45. The SMILES string of the molecule is CCC1NC(c2ccsc2)N(CC(C)(C)C)C1=O. The van der Waals surface area contributed by atoms with E-state index in [4.69, 9.17) is 0 Å². The lowest BCUT2D eigenvalue weighted by molar-refractivity contribution is -0.131. The van der Waals surface area contributed by atoms with Crippen molar-refractivity contribution in [1.82, 2.24) is 10.2 Å². The number of amides is 1. The Hall–Kier alpha value is -0.870. The van der Waals surface area contributed by atoms with Crippen LogP contribution in [0.1, 0.15) is 45.8 Å². The molecule has 0 aromatic carbocycles. The van der Waals surface area contributed by atoms with E-state index in [1.807, 2.05) is 4.90 Å². The van der Waals surface area contributed by atoms with Gasteiger partial charge in [0.15, 0.2) is 0 Å². The molecule has 1 aromatic rings. The predicted octanol–water partition coefficient (Wildman–Crippen LogP) is 3.00. The third-order valence-corrected chi connectivity index (χ3v) is 3.87. The topological polar surface area (TPSA) is 32.3 Å². The van der Waals surface area contributed by atoms with Gasteiger partial charge in [0, 0.05) is 6.54 Å². The van der Waals surface area contributed by atoms with E-state index < -0.39 is 0 Å².